The highest BCUT2D eigenvalue weighted by molar-refractivity contribution is 7.13. The monoisotopic (exact) mass is 266 g/mol. The molecule has 0 unspecified atom stereocenters. The molecule has 7 heteroatoms. The zero-order chi connectivity index (χ0) is 13.7. The smallest absolute Gasteiger partial charge is 0.348 e. The van der Waals surface area contributed by atoms with Crippen LogP contribution in [0, 0.1) is 21.4 Å². The fourth-order valence-corrected chi connectivity index (χ4v) is 2.32. The van der Waals surface area contributed by atoms with Gasteiger partial charge in [-0.25, -0.2) is 4.79 Å². The molecular formula is C11H10N2O4S. The number of thiophene rings is 1. The van der Waals surface area contributed by atoms with E-state index in [1.165, 1.54) is 30.6 Å². The molecule has 1 heterocycles. The quantitative estimate of drug-likeness (QED) is 0.274. The van der Waals surface area contributed by atoms with Gasteiger partial charge in [0.05, 0.1) is 16.9 Å². The molecule has 6 nitrogen and oxygen atoms in total. The van der Waals surface area contributed by atoms with Crippen molar-refractivity contribution < 1.29 is 14.5 Å². The Morgan fingerprint density at radius 2 is 2.39 bits per heavy atom. The Labute approximate surface area is 107 Å². The minimum Gasteiger partial charge on any atom is -0.465 e. The zero-order valence-electron chi connectivity index (χ0n) is 9.80. The van der Waals surface area contributed by atoms with Crippen molar-refractivity contribution >= 4 is 29.1 Å². The van der Waals surface area contributed by atoms with Crippen molar-refractivity contribution in [1.82, 2.24) is 0 Å². The molecule has 0 N–H and O–H groups in total. The number of ether oxygens (including phenoxy) is 1. The van der Waals surface area contributed by atoms with Crippen LogP contribution in [0.1, 0.15) is 16.7 Å². The van der Waals surface area contributed by atoms with Crippen LogP contribution in [0.5, 0.6) is 0 Å². The van der Waals surface area contributed by atoms with Crippen LogP contribution >= 0.6 is 11.3 Å². The van der Waals surface area contributed by atoms with Gasteiger partial charge in [-0.1, -0.05) is 6.92 Å². The lowest BCUT2D eigenvalue weighted by atomic mass is 10.2. The van der Waals surface area contributed by atoms with E-state index in [1.807, 2.05) is 0 Å². The van der Waals surface area contributed by atoms with Crippen LogP contribution in [0.3, 0.4) is 0 Å². The minimum atomic E-state index is -0.758. The lowest BCUT2D eigenvalue weighted by Crippen LogP contribution is -2.02. The second kappa shape index (κ2) is 5.93. The number of esters is 1. The normalized spacial score (nSPS) is 10.8. The highest BCUT2D eigenvalue weighted by Crippen LogP contribution is 2.31. The van der Waals surface area contributed by atoms with E-state index in [2.05, 4.69) is 4.74 Å². The summed E-state index contributed by atoms with van der Waals surface area (Å²) in [6.07, 6.45) is 1.82. The second-order valence-electron chi connectivity index (χ2n) is 3.23. The van der Waals surface area contributed by atoms with Crippen LogP contribution in [0.25, 0.3) is 6.08 Å². The van der Waals surface area contributed by atoms with Gasteiger partial charge in [0.25, 0.3) is 5.69 Å². The Balaban J connectivity index is 3.19. The molecule has 0 aliphatic carbocycles. The minimum absolute atomic E-state index is 0.0101. The molecule has 0 bridgehead atoms. The molecule has 0 fully saturated rings. The number of methoxy groups -OCH3 is 1. The summed E-state index contributed by atoms with van der Waals surface area (Å²) in [5.74, 6) is -0.758. The summed E-state index contributed by atoms with van der Waals surface area (Å²) in [5, 5.41) is 19.6. The Kier molecular flexibility index (Phi) is 4.57. The number of aryl methyl sites for hydroxylation is 1. The maximum Gasteiger partial charge on any atom is 0.348 e. The van der Waals surface area contributed by atoms with Crippen molar-refractivity contribution in [3.8, 4) is 6.07 Å². The van der Waals surface area contributed by atoms with Gasteiger partial charge >= 0.3 is 5.97 Å². The first-order valence-corrected chi connectivity index (χ1v) is 5.82. The van der Waals surface area contributed by atoms with E-state index < -0.39 is 10.9 Å². The van der Waals surface area contributed by atoms with Gasteiger partial charge in [0.1, 0.15) is 11.6 Å². The van der Waals surface area contributed by atoms with E-state index in [-0.39, 0.29) is 11.3 Å². The predicted molar refractivity (Wildman–Crippen MR) is 66.0 cm³/mol. The predicted octanol–water partition coefficient (Wildman–Crippen LogP) is 2.30. The summed E-state index contributed by atoms with van der Waals surface area (Å²) >= 11 is 1.18. The Morgan fingerprint density at radius 3 is 2.78 bits per heavy atom. The highest BCUT2D eigenvalue weighted by atomic mass is 32.1. The third kappa shape index (κ3) is 2.93. The number of nitrogens with zero attached hydrogens (tertiary/aromatic N) is 2. The van der Waals surface area contributed by atoms with Crippen LogP contribution in [0.15, 0.2) is 11.6 Å². The summed E-state index contributed by atoms with van der Waals surface area (Å²) in [4.78, 5) is 22.6. The summed E-state index contributed by atoms with van der Waals surface area (Å²) < 4.78 is 4.43. The van der Waals surface area contributed by atoms with E-state index in [9.17, 15) is 14.9 Å². The van der Waals surface area contributed by atoms with E-state index >= 15 is 0 Å². The average molecular weight is 266 g/mol. The number of hydrogen-bond acceptors (Lipinski definition) is 6. The molecular weight excluding hydrogens is 256 g/mol. The first-order chi connectivity index (χ1) is 8.53. The summed E-state index contributed by atoms with van der Waals surface area (Å²) in [6.45, 7) is 1.80. The largest absolute Gasteiger partial charge is 0.465 e. The van der Waals surface area contributed by atoms with Crippen LogP contribution in [0.4, 0.5) is 5.69 Å². The molecule has 0 spiro atoms. The standard InChI is InChI=1S/C11H10N2O4S/c1-3-10-9(13(15)16)5-8(18-10)4-7(6-12)11(14)17-2/h4-5H,3H2,1-2H3/b7-4+. The molecule has 0 radical (unpaired) electrons. The number of nitriles is 1. The maximum absolute atomic E-state index is 11.2. The van der Waals surface area contributed by atoms with Gasteiger partial charge in [0, 0.05) is 10.9 Å². The van der Waals surface area contributed by atoms with Gasteiger partial charge in [0.15, 0.2) is 0 Å². The number of nitro groups is 1. The zero-order valence-corrected chi connectivity index (χ0v) is 10.6. The molecule has 1 aromatic rings. The summed E-state index contributed by atoms with van der Waals surface area (Å²) in [6, 6.07) is 3.05. The lowest BCUT2D eigenvalue weighted by molar-refractivity contribution is -0.385. The van der Waals surface area contributed by atoms with Gasteiger partial charge in [-0.15, -0.1) is 11.3 Å². The first kappa shape index (κ1) is 13.9. The Morgan fingerprint density at radius 1 is 1.72 bits per heavy atom. The van der Waals surface area contributed by atoms with E-state index in [1.54, 1.807) is 13.0 Å². The fourth-order valence-electron chi connectivity index (χ4n) is 1.31. The molecule has 0 saturated heterocycles. The molecule has 0 aromatic carbocycles. The topological polar surface area (TPSA) is 93.2 Å². The van der Waals surface area contributed by atoms with Gasteiger partial charge < -0.3 is 4.74 Å². The number of carbonyl (C=O) groups is 1. The molecule has 1 aromatic heterocycles. The van der Waals surface area contributed by atoms with Gasteiger partial charge in [-0.3, -0.25) is 10.1 Å². The molecule has 0 saturated carbocycles. The van der Waals surface area contributed by atoms with Crippen LogP contribution in [-0.4, -0.2) is 18.0 Å². The van der Waals surface area contributed by atoms with Crippen molar-refractivity contribution in [2.24, 2.45) is 0 Å². The van der Waals surface area contributed by atoms with Crippen molar-refractivity contribution in [2.45, 2.75) is 13.3 Å². The number of rotatable bonds is 4. The molecule has 94 valence electrons. The van der Waals surface area contributed by atoms with Crippen molar-refractivity contribution in [3.05, 3.63) is 31.5 Å². The van der Waals surface area contributed by atoms with Crippen LogP contribution in [-0.2, 0) is 16.0 Å². The molecule has 0 aliphatic rings. The second-order valence-corrected chi connectivity index (χ2v) is 4.40. The van der Waals surface area contributed by atoms with Crippen molar-refractivity contribution in [1.29, 1.82) is 5.26 Å². The lowest BCUT2D eigenvalue weighted by Gasteiger charge is -1.93. The first-order valence-electron chi connectivity index (χ1n) is 5.00. The average Bonchev–Trinajstić information content (AvgIpc) is 2.78. The number of carbonyl (C=O) groups excluding carboxylic acids is 1. The van der Waals surface area contributed by atoms with Gasteiger partial charge in [-0.05, 0) is 12.5 Å². The maximum atomic E-state index is 11.2. The molecule has 0 aliphatic heterocycles. The van der Waals surface area contributed by atoms with Crippen LogP contribution < -0.4 is 0 Å². The Hall–Kier alpha value is -2.20. The summed E-state index contributed by atoms with van der Waals surface area (Å²) in [5.41, 5.74) is -0.174. The van der Waals surface area contributed by atoms with E-state index in [0.717, 1.165) is 0 Å². The fraction of sp³-hybridized carbons (Fsp3) is 0.273. The van der Waals surface area contributed by atoms with E-state index in [0.29, 0.717) is 16.2 Å². The van der Waals surface area contributed by atoms with E-state index in [4.69, 9.17) is 5.26 Å². The Bertz CT molecular complexity index is 554. The third-order valence-electron chi connectivity index (χ3n) is 2.14. The molecule has 0 atom stereocenters. The SMILES string of the molecule is CCc1sc(/C=C(\C#N)C(=O)OC)cc1[N+](=O)[O-]. The van der Waals surface area contributed by atoms with Gasteiger partial charge in [-0.2, -0.15) is 5.26 Å². The van der Waals surface area contributed by atoms with Crippen molar-refractivity contribution in [2.75, 3.05) is 7.11 Å². The summed E-state index contributed by atoms with van der Waals surface area (Å²) in [7, 11) is 1.17. The number of hydrogen-bond donors (Lipinski definition) is 0. The highest BCUT2D eigenvalue weighted by Gasteiger charge is 2.18. The molecule has 1 rings (SSSR count). The third-order valence-corrected chi connectivity index (χ3v) is 3.35. The molecule has 0 amide bonds. The molecule has 18 heavy (non-hydrogen) atoms. The van der Waals surface area contributed by atoms with Crippen molar-refractivity contribution in [3.63, 3.8) is 0 Å². The van der Waals surface area contributed by atoms with Gasteiger partial charge in [0.2, 0.25) is 0 Å². The van der Waals surface area contributed by atoms with Crippen LogP contribution in [0.2, 0.25) is 0 Å².